The Morgan fingerprint density at radius 3 is 2.15 bits per heavy atom. The molecule has 0 heterocycles. The van der Waals surface area contributed by atoms with Crippen LogP contribution in [-0.2, 0) is 4.79 Å². The molecule has 0 aliphatic heterocycles. The predicted molar refractivity (Wildman–Crippen MR) is 83.8 cm³/mol. The fourth-order valence-electron chi connectivity index (χ4n) is 2.16. The Bertz CT molecular complexity index is 837. The summed E-state index contributed by atoms with van der Waals surface area (Å²) in [6.45, 7) is 0. The highest BCUT2D eigenvalue weighted by atomic mass is 19.4. The largest absolute Gasteiger partial charge is 0.573 e. The second kappa shape index (κ2) is 8.02. The van der Waals surface area contributed by atoms with Gasteiger partial charge in [0.15, 0.2) is 11.6 Å². The van der Waals surface area contributed by atoms with Crippen LogP contribution in [0.2, 0.25) is 0 Å². The van der Waals surface area contributed by atoms with Crippen molar-refractivity contribution in [3.05, 3.63) is 65.2 Å². The van der Waals surface area contributed by atoms with Gasteiger partial charge < -0.3 is 15.4 Å². The molecular formula is C17H13F5N2O3. The van der Waals surface area contributed by atoms with E-state index in [0.29, 0.717) is 0 Å². The lowest BCUT2D eigenvalue weighted by atomic mass is 10.0. The molecule has 1 unspecified atom stereocenters. The van der Waals surface area contributed by atoms with E-state index in [4.69, 9.17) is 0 Å². The number of carbonyl (C=O) groups is 2. The monoisotopic (exact) mass is 388 g/mol. The first-order valence-electron chi connectivity index (χ1n) is 7.44. The summed E-state index contributed by atoms with van der Waals surface area (Å²) in [5.41, 5.74) is -0.0837. The standard InChI is InChI=1S/C17H13F5N2O3/c1-23-16(26)14(10-4-7-12(18)13(19)8-10)24-15(25)9-2-5-11(6-3-9)27-17(20,21)22/h2-8,14H,1H3,(H,23,26)(H,24,25). The van der Waals surface area contributed by atoms with Gasteiger partial charge in [0.05, 0.1) is 0 Å². The number of amides is 2. The van der Waals surface area contributed by atoms with Crippen LogP contribution < -0.4 is 15.4 Å². The molecular weight excluding hydrogens is 375 g/mol. The molecule has 27 heavy (non-hydrogen) atoms. The van der Waals surface area contributed by atoms with Crippen molar-refractivity contribution >= 4 is 11.8 Å². The molecule has 144 valence electrons. The van der Waals surface area contributed by atoms with Crippen molar-refractivity contribution in [2.45, 2.75) is 12.4 Å². The summed E-state index contributed by atoms with van der Waals surface area (Å²) < 4.78 is 66.6. The summed E-state index contributed by atoms with van der Waals surface area (Å²) >= 11 is 0. The zero-order chi connectivity index (χ0) is 20.2. The lowest BCUT2D eigenvalue weighted by molar-refractivity contribution is -0.274. The maximum atomic E-state index is 13.4. The number of carbonyl (C=O) groups excluding carboxylic acids is 2. The molecule has 0 saturated carbocycles. The maximum absolute atomic E-state index is 13.4. The van der Waals surface area contributed by atoms with Gasteiger partial charge in [-0.3, -0.25) is 9.59 Å². The molecule has 0 aromatic heterocycles. The minimum atomic E-state index is -4.87. The fourth-order valence-corrected chi connectivity index (χ4v) is 2.16. The smallest absolute Gasteiger partial charge is 0.406 e. The van der Waals surface area contributed by atoms with Crippen LogP contribution in [0, 0.1) is 11.6 Å². The lowest BCUT2D eigenvalue weighted by Gasteiger charge is -2.18. The number of likely N-dealkylation sites (N-methyl/N-ethyl adjacent to an activating group) is 1. The SMILES string of the molecule is CNC(=O)C(NC(=O)c1ccc(OC(F)(F)F)cc1)c1ccc(F)c(F)c1. The molecule has 2 aromatic carbocycles. The Kier molecular flexibility index (Phi) is 5.98. The molecule has 0 bridgehead atoms. The molecule has 0 saturated heterocycles. The predicted octanol–water partition coefficient (Wildman–Crippen LogP) is 3.08. The minimum Gasteiger partial charge on any atom is -0.406 e. The van der Waals surface area contributed by atoms with E-state index in [0.717, 1.165) is 42.5 Å². The number of alkyl halides is 3. The number of ether oxygens (including phenoxy) is 1. The van der Waals surface area contributed by atoms with Crippen molar-refractivity contribution in [2.75, 3.05) is 7.05 Å². The molecule has 0 aliphatic carbocycles. The molecule has 5 nitrogen and oxygen atoms in total. The molecule has 1 atom stereocenters. The summed E-state index contributed by atoms with van der Waals surface area (Å²) in [7, 11) is 1.28. The summed E-state index contributed by atoms with van der Waals surface area (Å²) in [4.78, 5) is 24.3. The topological polar surface area (TPSA) is 67.4 Å². The molecule has 10 heteroatoms. The molecule has 0 radical (unpaired) electrons. The zero-order valence-electron chi connectivity index (χ0n) is 13.7. The number of rotatable bonds is 5. The highest BCUT2D eigenvalue weighted by molar-refractivity contribution is 5.97. The van der Waals surface area contributed by atoms with Gasteiger partial charge in [0.1, 0.15) is 11.8 Å². The van der Waals surface area contributed by atoms with Gasteiger partial charge in [0.25, 0.3) is 5.91 Å². The van der Waals surface area contributed by atoms with Crippen LogP contribution in [0.3, 0.4) is 0 Å². The first-order valence-corrected chi connectivity index (χ1v) is 7.44. The van der Waals surface area contributed by atoms with E-state index in [9.17, 15) is 31.5 Å². The third-order valence-corrected chi connectivity index (χ3v) is 3.41. The first kappa shape index (κ1) is 20.1. The van der Waals surface area contributed by atoms with Gasteiger partial charge in [-0.15, -0.1) is 13.2 Å². The van der Waals surface area contributed by atoms with Crippen molar-refractivity contribution in [3.63, 3.8) is 0 Å². The third kappa shape index (κ3) is 5.40. The van der Waals surface area contributed by atoms with Gasteiger partial charge in [-0.2, -0.15) is 0 Å². The van der Waals surface area contributed by atoms with E-state index in [1.54, 1.807) is 0 Å². The fraction of sp³-hybridized carbons (Fsp3) is 0.176. The van der Waals surface area contributed by atoms with Crippen LogP contribution >= 0.6 is 0 Å². The van der Waals surface area contributed by atoms with Gasteiger partial charge in [0.2, 0.25) is 5.91 Å². The van der Waals surface area contributed by atoms with Gasteiger partial charge in [-0.1, -0.05) is 6.07 Å². The molecule has 2 aromatic rings. The van der Waals surface area contributed by atoms with Crippen molar-refractivity contribution in [1.82, 2.24) is 10.6 Å². The Labute approximate surface area is 150 Å². The van der Waals surface area contributed by atoms with Gasteiger partial charge in [-0.25, -0.2) is 8.78 Å². The summed E-state index contributed by atoms with van der Waals surface area (Å²) in [6.07, 6.45) is -4.87. The van der Waals surface area contributed by atoms with Crippen LogP contribution in [0.5, 0.6) is 5.75 Å². The summed E-state index contributed by atoms with van der Waals surface area (Å²) in [5, 5.41) is 4.59. The second-order valence-corrected chi connectivity index (χ2v) is 5.27. The first-order chi connectivity index (χ1) is 12.6. The Hall–Kier alpha value is -3.17. The van der Waals surface area contributed by atoms with Gasteiger partial charge in [-0.05, 0) is 42.0 Å². The van der Waals surface area contributed by atoms with Crippen LogP contribution in [0.4, 0.5) is 22.0 Å². The molecule has 2 rings (SSSR count). The van der Waals surface area contributed by atoms with Crippen molar-refractivity contribution < 1.29 is 36.3 Å². The van der Waals surface area contributed by atoms with E-state index in [-0.39, 0.29) is 11.1 Å². The minimum absolute atomic E-state index is 0.0152. The van der Waals surface area contributed by atoms with E-state index in [1.165, 1.54) is 7.05 Å². The van der Waals surface area contributed by atoms with Gasteiger partial charge in [0, 0.05) is 12.6 Å². The molecule has 0 spiro atoms. The number of benzene rings is 2. The van der Waals surface area contributed by atoms with E-state index >= 15 is 0 Å². The number of nitrogens with one attached hydrogen (secondary N) is 2. The van der Waals surface area contributed by atoms with E-state index in [2.05, 4.69) is 15.4 Å². The maximum Gasteiger partial charge on any atom is 0.573 e. The number of hydrogen-bond donors (Lipinski definition) is 2. The highest BCUT2D eigenvalue weighted by Gasteiger charge is 2.31. The normalized spacial score (nSPS) is 12.2. The second-order valence-electron chi connectivity index (χ2n) is 5.27. The average Bonchev–Trinajstić information content (AvgIpc) is 2.60. The Balaban J connectivity index is 2.20. The average molecular weight is 388 g/mol. The van der Waals surface area contributed by atoms with Crippen molar-refractivity contribution in [1.29, 1.82) is 0 Å². The van der Waals surface area contributed by atoms with Crippen molar-refractivity contribution in [2.24, 2.45) is 0 Å². The lowest BCUT2D eigenvalue weighted by Crippen LogP contribution is -2.39. The van der Waals surface area contributed by atoms with Crippen LogP contribution in [-0.4, -0.2) is 25.2 Å². The van der Waals surface area contributed by atoms with Gasteiger partial charge >= 0.3 is 6.36 Å². The number of halogens is 5. The molecule has 0 fully saturated rings. The zero-order valence-corrected chi connectivity index (χ0v) is 13.7. The van der Waals surface area contributed by atoms with Crippen LogP contribution in [0.15, 0.2) is 42.5 Å². The molecule has 2 N–H and O–H groups in total. The quantitative estimate of drug-likeness (QED) is 0.774. The van der Waals surface area contributed by atoms with Crippen molar-refractivity contribution in [3.8, 4) is 5.75 Å². The Morgan fingerprint density at radius 2 is 1.63 bits per heavy atom. The third-order valence-electron chi connectivity index (χ3n) is 3.41. The highest BCUT2D eigenvalue weighted by Crippen LogP contribution is 2.23. The Morgan fingerprint density at radius 1 is 1.00 bits per heavy atom. The van der Waals surface area contributed by atoms with Crippen LogP contribution in [0.25, 0.3) is 0 Å². The van der Waals surface area contributed by atoms with E-state index in [1.807, 2.05) is 0 Å². The molecule has 2 amide bonds. The number of hydrogen-bond acceptors (Lipinski definition) is 3. The van der Waals surface area contributed by atoms with Crippen LogP contribution in [0.1, 0.15) is 22.0 Å². The van der Waals surface area contributed by atoms with E-state index < -0.39 is 41.6 Å². The summed E-state index contributed by atoms with van der Waals surface area (Å²) in [6, 6.07) is 5.31. The summed E-state index contributed by atoms with van der Waals surface area (Å²) in [5.74, 6) is -4.37. The molecule has 0 aliphatic rings.